The van der Waals surface area contributed by atoms with Crippen LogP contribution in [-0.2, 0) is 16.1 Å². The number of hydrogen-bond donors (Lipinski definition) is 2. The summed E-state index contributed by atoms with van der Waals surface area (Å²) in [5.74, 6) is -0.435. The summed E-state index contributed by atoms with van der Waals surface area (Å²) in [6, 6.07) is 4.14. The van der Waals surface area contributed by atoms with Crippen molar-refractivity contribution in [1.82, 2.24) is 5.32 Å². The molecule has 0 fully saturated rings. The molecule has 3 N–H and O–H groups in total. The summed E-state index contributed by atoms with van der Waals surface area (Å²) in [6.07, 6.45) is 0. The third kappa shape index (κ3) is 5.11. The van der Waals surface area contributed by atoms with Gasteiger partial charge in [-0.25, -0.2) is 4.39 Å². The van der Waals surface area contributed by atoms with Crippen LogP contribution in [0.2, 0.25) is 0 Å². The number of ether oxygens (including phenoxy) is 2. The highest BCUT2D eigenvalue weighted by molar-refractivity contribution is 5.77. The first kappa shape index (κ1) is 14.4. The Hall–Kier alpha value is -1.66. The van der Waals surface area contributed by atoms with Crippen molar-refractivity contribution in [2.24, 2.45) is 5.73 Å². The minimum atomic E-state index is -0.437. The summed E-state index contributed by atoms with van der Waals surface area (Å²) in [5, 5.41) is 2.59. The molecule has 100 valence electrons. The molecule has 5 nitrogen and oxygen atoms in total. The fraction of sp³-hybridized carbons (Fsp3) is 0.417. The Morgan fingerprint density at radius 1 is 1.44 bits per heavy atom. The number of benzene rings is 1. The first-order chi connectivity index (χ1) is 8.65. The molecule has 1 rings (SSSR count). The predicted molar refractivity (Wildman–Crippen MR) is 64.7 cm³/mol. The average molecular weight is 256 g/mol. The Morgan fingerprint density at radius 2 is 2.22 bits per heavy atom. The average Bonchev–Trinajstić information content (AvgIpc) is 2.36. The molecule has 0 aromatic heterocycles. The Kier molecular flexibility index (Phi) is 6.10. The van der Waals surface area contributed by atoms with Gasteiger partial charge in [0.1, 0.15) is 11.6 Å². The molecule has 0 aliphatic carbocycles. The molecule has 0 radical (unpaired) electrons. The smallest absolute Gasteiger partial charge is 0.258 e. The molecule has 0 atom stereocenters. The lowest BCUT2D eigenvalue weighted by atomic mass is 10.2. The van der Waals surface area contributed by atoms with E-state index in [2.05, 4.69) is 5.32 Å². The van der Waals surface area contributed by atoms with E-state index in [1.807, 2.05) is 0 Å². The monoisotopic (exact) mass is 256 g/mol. The van der Waals surface area contributed by atoms with E-state index in [-0.39, 0.29) is 24.8 Å². The second-order valence-electron chi connectivity index (χ2n) is 3.63. The highest BCUT2D eigenvalue weighted by Crippen LogP contribution is 2.15. The minimum absolute atomic E-state index is 0.169. The minimum Gasteiger partial charge on any atom is -0.484 e. The molecule has 1 amide bonds. The SMILES string of the molecule is COCCNC(=O)COc1cc(F)cc(CN)c1. The summed E-state index contributed by atoms with van der Waals surface area (Å²) in [5.41, 5.74) is 6.02. The van der Waals surface area contributed by atoms with E-state index in [1.54, 1.807) is 13.2 Å². The number of carbonyl (C=O) groups excluding carboxylic acids is 1. The Labute approximate surface area is 105 Å². The molecule has 0 aliphatic rings. The maximum atomic E-state index is 13.1. The van der Waals surface area contributed by atoms with E-state index < -0.39 is 5.82 Å². The van der Waals surface area contributed by atoms with Gasteiger partial charge in [0.15, 0.2) is 6.61 Å². The van der Waals surface area contributed by atoms with E-state index >= 15 is 0 Å². The van der Waals surface area contributed by atoms with E-state index in [9.17, 15) is 9.18 Å². The highest BCUT2D eigenvalue weighted by atomic mass is 19.1. The lowest BCUT2D eigenvalue weighted by molar-refractivity contribution is -0.123. The normalized spacial score (nSPS) is 10.2. The zero-order chi connectivity index (χ0) is 13.4. The predicted octanol–water partition coefficient (Wildman–Crippen LogP) is 0.426. The van der Waals surface area contributed by atoms with Crippen molar-refractivity contribution in [3.63, 3.8) is 0 Å². The van der Waals surface area contributed by atoms with Crippen LogP contribution in [0.1, 0.15) is 5.56 Å². The molecule has 0 aliphatic heterocycles. The number of carbonyl (C=O) groups is 1. The van der Waals surface area contributed by atoms with Crippen LogP contribution in [0, 0.1) is 5.82 Å². The third-order valence-electron chi connectivity index (χ3n) is 2.17. The molecular weight excluding hydrogens is 239 g/mol. The topological polar surface area (TPSA) is 73.6 Å². The molecule has 0 heterocycles. The zero-order valence-corrected chi connectivity index (χ0v) is 10.2. The van der Waals surface area contributed by atoms with Crippen LogP contribution in [0.5, 0.6) is 5.75 Å². The number of methoxy groups -OCH3 is 1. The number of nitrogens with two attached hydrogens (primary N) is 1. The maximum absolute atomic E-state index is 13.1. The highest BCUT2D eigenvalue weighted by Gasteiger charge is 2.04. The van der Waals surface area contributed by atoms with Gasteiger partial charge in [-0.2, -0.15) is 0 Å². The first-order valence-electron chi connectivity index (χ1n) is 5.53. The van der Waals surface area contributed by atoms with Crippen molar-refractivity contribution in [3.05, 3.63) is 29.6 Å². The molecule has 0 saturated carbocycles. The van der Waals surface area contributed by atoms with Gasteiger partial charge in [-0.1, -0.05) is 0 Å². The van der Waals surface area contributed by atoms with Gasteiger partial charge in [0.05, 0.1) is 6.61 Å². The van der Waals surface area contributed by atoms with E-state index in [0.29, 0.717) is 18.7 Å². The van der Waals surface area contributed by atoms with Crippen molar-refractivity contribution in [2.75, 3.05) is 26.9 Å². The summed E-state index contributed by atoms with van der Waals surface area (Å²) in [6.45, 7) is 0.893. The number of amides is 1. The van der Waals surface area contributed by atoms with Gasteiger partial charge >= 0.3 is 0 Å². The Bertz CT molecular complexity index is 399. The van der Waals surface area contributed by atoms with Crippen molar-refractivity contribution >= 4 is 5.91 Å². The molecular formula is C12H17FN2O3. The largest absolute Gasteiger partial charge is 0.484 e. The summed E-state index contributed by atoms with van der Waals surface area (Å²) >= 11 is 0. The molecule has 0 bridgehead atoms. The van der Waals surface area contributed by atoms with Crippen LogP contribution in [0.15, 0.2) is 18.2 Å². The molecule has 0 saturated heterocycles. The van der Waals surface area contributed by atoms with Gasteiger partial charge in [0.25, 0.3) is 5.91 Å². The fourth-order valence-corrected chi connectivity index (χ4v) is 1.31. The van der Waals surface area contributed by atoms with Gasteiger partial charge in [-0.05, 0) is 17.7 Å². The van der Waals surface area contributed by atoms with Crippen LogP contribution >= 0.6 is 0 Å². The summed E-state index contributed by atoms with van der Waals surface area (Å²) in [7, 11) is 1.55. The van der Waals surface area contributed by atoms with Gasteiger partial charge in [0.2, 0.25) is 0 Å². The number of rotatable bonds is 7. The molecule has 6 heteroatoms. The van der Waals surface area contributed by atoms with Crippen molar-refractivity contribution in [1.29, 1.82) is 0 Å². The van der Waals surface area contributed by atoms with Crippen LogP contribution < -0.4 is 15.8 Å². The van der Waals surface area contributed by atoms with Crippen molar-refractivity contribution < 1.29 is 18.7 Å². The van der Waals surface area contributed by atoms with Crippen LogP contribution in [0.25, 0.3) is 0 Å². The van der Waals surface area contributed by atoms with Crippen LogP contribution in [-0.4, -0.2) is 32.8 Å². The lowest BCUT2D eigenvalue weighted by Gasteiger charge is -2.08. The molecule has 1 aromatic carbocycles. The quantitative estimate of drug-likeness (QED) is 0.694. The second-order valence-corrected chi connectivity index (χ2v) is 3.63. The molecule has 0 unspecified atom stereocenters. The number of halogens is 1. The number of nitrogens with one attached hydrogen (secondary N) is 1. The fourth-order valence-electron chi connectivity index (χ4n) is 1.31. The van der Waals surface area contributed by atoms with Crippen LogP contribution in [0.3, 0.4) is 0 Å². The maximum Gasteiger partial charge on any atom is 0.258 e. The summed E-state index contributed by atoms with van der Waals surface area (Å²) < 4.78 is 23.1. The Morgan fingerprint density at radius 3 is 2.89 bits per heavy atom. The Balaban J connectivity index is 2.43. The lowest BCUT2D eigenvalue weighted by Crippen LogP contribution is -2.31. The van der Waals surface area contributed by atoms with Crippen molar-refractivity contribution in [2.45, 2.75) is 6.54 Å². The van der Waals surface area contributed by atoms with Gasteiger partial charge < -0.3 is 20.5 Å². The van der Waals surface area contributed by atoms with Crippen LogP contribution in [0.4, 0.5) is 4.39 Å². The van der Waals surface area contributed by atoms with E-state index in [0.717, 1.165) is 0 Å². The first-order valence-corrected chi connectivity index (χ1v) is 5.53. The standard InChI is InChI=1S/C12H17FN2O3/c1-17-3-2-15-12(16)8-18-11-5-9(7-14)4-10(13)6-11/h4-6H,2-3,7-8,14H2,1H3,(H,15,16). The third-order valence-corrected chi connectivity index (χ3v) is 2.17. The second kappa shape index (κ2) is 7.62. The van der Waals surface area contributed by atoms with Crippen molar-refractivity contribution in [3.8, 4) is 5.75 Å². The van der Waals surface area contributed by atoms with Gasteiger partial charge in [-0.15, -0.1) is 0 Å². The van der Waals surface area contributed by atoms with Gasteiger partial charge in [-0.3, -0.25) is 4.79 Å². The molecule has 0 spiro atoms. The molecule has 1 aromatic rings. The van der Waals surface area contributed by atoms with E-state index in [4.69, 9.17) is 15.2 Å². The molecule has 18 heavy (non-hydrogen) atoms. The van der Waals surface area contributed by atoms with E-state index in [1.165, 1.54) is 12.1 Å². The summed E-state index contributed by atoms with van der Waals surface area (Å²) in [4.78, 5) is 11.3. The zero-order valence-electron chi connectivity index (χ0n) is 10.2. The number of hydrogen-bond acceptors (Lipinski definition) is 4. The van der Waals surface area contributed by atoms with Gasteiger partial charge in [0, 0.05) is 26.3 Å².